The number of hydrogen-bond acceptors (Lipinski definition) is 5. The van der Waals surface area contributed by atoms with E-state index in [1.165, 1.54) is 0 Å². The third-order valence-electron chi connectivity index (χ3n) is 1.64. The summed E-state index contributed by atoms with van der Waals surface area (Å²) < 4.78 is 4.77. The van der Waals surface area contributed by atoms with Gasteiger partial charge < -0.3 is 21.9 Å². The summed E-state index contributed by atoms with van der Waals surface area (Å²) in [5.74, 6) is -2.49. The van der Waals surface area contributed by atoms with Gasteiger partial charge in [-0.05, 0) is 13.3 Å². The van der Waals surface area contributed by atoms with Gasteiger partial charge in [-0.2, -0.15) is 0 Å². The number of primary amides is 2. The number of carbonyl (C=O) groups excluding carboxylic acids is 3. The fourth-order valence-corrected chi connectivity index (χ4v) is 0.690. The Morgan fingerprint density at radius 3 is 1.75 bits per heavy atom. The van der Waals surface area contributed by atoms with Crippen LogP contribution in [0.5, 0.6) is 0 Å². The van der Waals surface area contributed by atoms with Crippen LogP contribution in [0.1, 0.15) is 20.3 Å². The maximum Gasteiger partial charge on any atom is 0.310 e. The van der Waals surface area contributed by atoms with E-state index >= 15 is 0 Å². The smallest absolute Gasteiger partial charge is 0.310 e. The maximum absolute atomic E-state index is 10.9. The first-order valence-corrected chi connectivity index (χ1v) is 4.86. The van der Waals surface area contributed by atoms with Crippen molar-refractivity contribution in [1.29, 1.82) is 0 Å². The Kier molecular flexibility index (Phi) is 10.4. The van der Waals surface area contributed by atoms with Crippen molar-refractivity contribution >= 4 is 17.8 Å². The van der Waals surface area contributed by atoms with Crippen LogP contribution < -0.4 is 17.2 Å². The van der Waals surface area contributed by atoms with Gasteiger partial charge in [-0.25, -0.2) is 0 Å². The van der Waals surface area contributed by atoms with Crippen LogP contribution in [-0.4, -0.2) is 30.9 Å². The third-order valence-corrected chi connectivity index (χ3v) is 1.64. The average Bonchev–Trinajstić information content (AvgIpc) is 2.20. The van der Waals surface area contributed by atoms with Crippen LogP contribution in [-0.2, 0) is 19.1 Å². The molecule has 7 nitrogen and oxygen atoms in total. The van der Waals surface area contributed by atoms with Gasteiger partial charge in [0, 0.05) is 6.54 Å². The second kappa shape index (κ2) is 9.91. The minimum atomic E-state index is -1.10. The molecule has 16 heavy (non-hydrogen) atoms. The third kappa shape index (κ3) is 8.95. The molecule has 0 saturated carbocycles. The SMILES string of the molecule is CCOC(=O)C(CC)CN.NC(=O)C(N)=O. The van der Waals surface area contributed by atoms with Crippen LogP contribution in [0.4, 0.5) is 0 Å². The standard InChI is InChI=1S/C7H15NO2.C2H4N2O2/c1-3-6(5-8)7(9)10-4-2;3-1(5)2(4)6/h6H,3-5,8H2,1-2H3;(H2,3,5)(H2,4,6). The van der Waals surface area contributed by atoms with Crippen molar-refractivity contribution in [2.24, 2.45) is 23.1 Å². The monoisotopic (exact) mass is 233 g/mol. The molecule has 0 aliphatic carbocycles. The molecule has 0 aliphatic heterocycles. The summed E-state index contributed by atoms with van der Waals surface area (Å²) in [5, 5.41) is 0. The molecular weight excluding hydrogens is 214 g/mol. The molecule has 0 radical (unpaired) electrons. The minimum Gasteiger partial charge on any atom is -0.466 e. The number of hydrogen-bond donors (Lipinski definition) is 3. The van der Waals surface area contributed by atoms with E-state index in [0.29, 0.717) is 13.2 Å². The summed E-state index contributed by atoms with van der Waals surface area (Å²) in [7, 11) is 0. The predicted octanol–water partition coefficient (Wildman–Crippen LogP) is -1.51. The normalized spacial score (nSPS) is 10.7. The molecule has 94 valence electrons. The van der Waals surface area contributed by atoms with Crippen molar-refractivity contribution in [3.05, 3.63) is 0 Å². The Labute approximate surface area is 94.3 Å². The molecule has 2 amide bonds. The second-order valence-corrected chi connectivity index (χ2v) is 2.82. The zero-order valence-electron chi connectivity index (χ0n) is 9.56. The van der Waals surface area contributed by atoms with E-state index in [-0.39, 0.29) is 11.9 Å². The predicted molar refractivity (Wildman–Crippen MR) is 57.9 cm³/mol. The van der Waals surface area contributed by atoms with Crippen LogP contribution >= 0.6 is 0 Å². The summed E-state index contributed by atoms with van der Waals surface area (Å²) in [5.41, 5.74) is 14.0. The van der Waals surface area contributed by atoms with Gasteiger partial charge in [-0.1, -0.05) is 6.92 Å². The highest BCUT2D eigenvalue weighted by Gasteiger charge is 2.14. The van der Waals surface area contributed by atoms with E-state index in [0.717, 1.165) is 6.42 Å². The summed E-state index contributed by atoms with van der Waals surface area (Å²) in [4.78, 5) is 29.8. The lowest BCUT2D eigenvalue weighted by atomic mass is 10.1. The number of rotatable bonds is 4. The molecule has 0 spiro atoms. The Hall–Kier alpha value is -1.63. The summed E-state index contributed by atoms with van der Waals surface area (Å²) in [6.07, 6.45) is 0.759. The summed E-state index contributed by atoms with van der Waals surface area (Å²) in [6, 6.07) is 0. The fourth-order valence-electron chi connectivity index (χ4n) is 0.690. The van der Waals surface area contributed by atoms with Crippen molar-refractivity contribution in [3.63, 3.8) is 0 Å². The molecule has 0 heterocycles. The Bertz CT molecular complexity index is 227. The van der Waals surface area contributed by atoms with Gasteiger partial charge in [0.25, 0.3) is 0 Å². The topological polar surface area (TPSA) is 138 Å². The molecule has 7 heteroatoms. The molecule has 1 unspecified atom stereocenters. The minimum absolute atomic E-state index is 0.111. The van der Waals surface area contributed by atoms with Gasteiger partial charge in [0.15, 0.2) is 0 Å². The van der Waals surface area contributed by atoms with Crippen LogP contribution in [0, 0.1) is 5.92 Å². The average molecular weight is 233 g/mol. The van der Waals surface area contributed by atoms with Gasteiger partial charge >= 0.3 is 17.8 Å². The molecule has 0 rings (SSSR count). The highest BCUT2D eigenvalue weighted by Crippen LogP contribution is 2.01. The van der Waals surface area contributed by atoms with Gasteiger partial charge in [-0.3, -0.25) is 14.4 Å². The molecule has 0 fully saturated rings. The van der Waals surface area contributed by atoms with E-state index in [4.69, 9.17) is 10.5 Å². The van der Waals surface area contributed by atoms with Crippen molar-refractivity contribution in [1.82, 2.24) is 0 Å². The lowest BCUT2D eigenvalue weighted by molar-refractivity contribution is -0.147. The first-order valence-electron chi connectivity index (χ1n) is 4.86. The van der Waals surface area contributed by atoms with Gasteiger partial charge in [0.05, 0.1) is 12.5 Å². The summed E-state index contributed by atoms with van der Waals surface area (Å²) in [6.45, 7) is 4.54. The van der Waals surface area contributed by atoms with Crippen molar-refractivity contribution in [3.8, 4) is 0 Å². The molecule has 1 atom stereocenters. The quantitative estimate of drug-likeness (QED) is 0.400. The first-order chi connectivity index (χ1) is 7.40. The number of amides is 2. The Morgan fingerprint density at radius 2 is 1.56 bits per heavy atom. The molecule has 0 aromatic rings. The van der Waals surface area contributed by atoms with Crippen molar-refractivity contribution in [2.75, 3.05) is 13.2 Å². The van der Waals surface area contributed by atoms with E-state index in [1.807, 2.05) is 6.92 Å². The molecule has 0 bridgehead atoms. The largest absolute Gasteiger partial charge is 0.466 e. The molecule has 0 aromatic carbocycles. The first kappa shape index (κ1) is 16.8. The zero-order chi connectivity index (χ0) is 13.1. The van der Waals surface area contributed by atoms with Crippen molar-refractivity contribution in [2.45, 2.75) is 20.3 Å². The van der Waals surface area contributed by atoms with Crippen molar-refractivity contribution < 1.29 is 19.1 Å². The van der Waals surface area contributed by atoms with Crippen LogP contribution in [0.3, 0.4) is 0 Å². The summed E-state index contributed by atoms with van der Waals surface area (Å²) >= 11 is 0. The van der Waals surface area contributed by atoms with Gasteiger partial charge in [0.2, 0.25) is 0 Å². The maximum atomic E-state index is 10.9. The van der Waals surface area contributed by atoms with Crippen LogP contribution in [0.15, 0.2) is 0 Å². The number of ether oxygens (including phenoxy) is 1. The number of esters is 1. The van der Waals surface area contributed by atoms with E-state index in [9.17, 15) is 14.4 Å². The molecule has 6 N–H and O–H groups in total. The second-order valence-electron chi connectivity index (χ2n) is 2.82. The molecule has 0 aromatic heterocycles. The molecular formula is C9H19N3O4. The highest BCUT2D eigenvalue weighted by atomic mass is 16.5. The highest BCUT2D eigenvalue weighted by molar-refractivity contribution is 6.33. The lowest BCUT2D eigenvalue weighted by Gasteiger charge is -2.09. The number of nitrogens with two attached hydrogens (primary N) is 3. The number of carbonyl (C=O) groups is 3. The van der Waals surface area contributed by atoms with Gasteiger partial charge in [0.1, 0.15) is 0 Å². The Balaban J connectivity index is 0. The van der Waals surface area contributed by atoms with Crippen LogP contribution in [0.2, 0.25) is 0 Å². The van der Waals surface area contributed by atoms with E-state index < -0.39 is 11.8 Å². The Morgan fingerprint density at radius 1 is 1.12 bits per heavy atom. The van der Waals surface area contributed by atoms with Gasteiger partial charge in [-0.15, -0.1) is 0 Å². The lowest BCUT2D eigenvalue weighted by Crippen LogP contribution is -2.29. The fraction of sp³-hybridized carbons (Fsp3) is 0.667. The van der Waals surface area contributed by atoms with Crippen LogP contribution in [0.25, 0.3) is 0 Å². The zero-order valence-corrected chi connectivity index (χ0v) is 9.56. The van der Waals surface area contributed by atoms with E-state index in [1.54, 1.807) is 6.92 Å². The molecule has 0 aliphatic rings. The van der Waals surface area contributed by atoms with E-state index in [2.05, 4.69) is 11.5 Å². The molecule has 0 saturated heterocycles.